The molecule has 1 aliphatic rings. The van der Waals surface area contributed by atoms with Crippen LogP contribution < -0.4 is 0 Å². The SMILES string of the molecule is Cc1nn(C)c(Cl)c1CN(C)C1CC1. The van der Waals surface area contributed by atoms with Crippen molar-refractivity contribution in [1.82, 2.24) is 14.7 Å². The lowest BCUT2D eigenvalue weighted by molar-refractivity contribution is 0.316. The highest BCUT2D eigenvalue weighted by Crippen LogP contribution is 2.28. The maximum absolute atomic E-state index is 6.16. The average Bonchev–Trinajstić information content (AvgIpc) is 2.91. The van der Waals surface area contributed by atoms with Gasteiger partial charge in [-0.25, -0.2) is 0 Å². The van der Waals surface area contributed by atoms with Crippen LogP contribution in [0.15, 0.2) is 0 Å². The van der Waals surface area contributed by atoms with Crippen LogP contribution >= 0.6 is 11.6 Å². The summed E-state index contributed by atoms with van der Waals surface area (Å²) in [6.07, 6.45) is 2.65. The Morgan fingerprint density at radius 3 is 2.64 bits per heavy atom. The fourth-order valence-corrected chi connectivity index (χ4v) is 1.98. The van der Waals surface area contributed by atoms with Gasteiger partial charge in [-0.15, -0.1) is 0 Å². The van der Waals surface area contributed by atoms with Crippen molar-refractivity contribution in [3.8, 4) is 0 Å². The lowest BCUT2D eigenvalue weighted by Gasteiger charge is -2.15. The van der Waals surface area contributed by atoms with E-state index in [1.54, 1.807) is 4.68 Å². The third-order valence-electron chi connectivity index (χ3n) is 2.85. The number of halogens is 1. The predicted octanol–water partition coefficient (Wildman–Crippen LogP) is 1.98. The zero-order valence-corrected chi connectivity index (χ0v) is 9.67. The lowest BCUT2D eigenvalue weighted by atomic mass is 10.2. The number of hydrogen-bond donors (Lipinski definition) is 0. The molecule has 0 spiro atoms. The summed E-state index contributed by atoms with van der Waals surface area (Å²) >= 11 is 6.16. The van der Waals surface area contributed by atoms with Crippen LogP contribution in [0.2, 0.25) is 5.15 Å². The van der Waals surface area contributed by atoms with Crippen molar-refractivity contribution in [2.45, 2.75) is 32.4 Å². The summed E-state index contributed by atoms with van der Waals surface area (Å²) in [7, 11) is 4.04. The summed E-state index contributed by atoms with van der Waals surface area (Å²) in [5, 5.41) is 5.07. The van der Waals surface area contributed by atoms with Crippen molar-refractivity contribution in [2.24, 2.45) is 7.05 Å². The van der Waals surface area contributed by atoms with E-state index in [4.69, 9.17) is 11.6 Å². The zero-order chi connectivity index (χ0) is 10.3. The van der Waals surface area contributed by atoms with Crippen molar-refractivity contribution in [1.29, 1.82) is 0 Å². The molecule has 1 saturated carbocycles. The maximum Gasteiger partial charge on any atom is 0.131 e. The first-order chi connectivity index (χ1) is 6.59. The number of hydrogen-bond acceptors (Lipinski definition) is 2. The Kier molecular flexibility index (Phi) is 2.54. The Labute approximate surface area is 89.7 Å². The second-order valence-corrected chi connectivity index (χ2v) is 4.48. The zero-order valence-electron chi connectivity index (χ0n) is 8.92. The van der Waals surface area contributed by atoms with Crippen LogP contribution in [0.25, 0.3) is 0 Å². The Balaban J connectivity index is 2.14. The van der Waals surface area contributed by atoms with E-state index in [0.717, 1.165) is 23.4 Å². The molecule has 0 bridgehead atoms. The molecule has 4 heteroatoms. The standard InChI is InChI=1S/C10H16ClN3/c1-7-9(10(11)14(3)12-7)6-13(2)8-4-5-8/h8H,4-6H2,1-3H3. The van der Waals surface area contributed by atoms with Gasteiger partial charge in [0.25, 0.3) is 0 Å². The first kappa shape index (κ1) is 9.99. The van der Waals surface area contributed by atoms with E-state index in [0.29, 0.717) is 0 Å². The minimum Gasteiger partial charge on any atom is -0.299 e. The van der Waals surface area contributed by atoms with Gasteiger partial charge in [0, 0.05) is 25.2 Å². The number of rotatable bonds is 3. The van der Waals surface area contributed by atoms with Gasteiger partial charge in [0.2, 0.25) is 0 Å². The molecule has 0 unspecified atom stereocenters. The topological polar surface area (TPSA) is 21.1 Å². The molecule has 0 radical (unpaired) electrons. The van der Waals surface area contributed by atoms with Gasteiger partial charge in [-0.2, -0.15) is 5.10 Å². The molecule has 1 aliphatic carbocycles. The molecule has 0 saturated heterocycles. The van der Waals surface area contributed by atoms with Crippen LogP contribution in [-0.2, 0) is 13.6 Å². The molecule has 3 nitrogen and oxygen atoms in total. The minimum atomic E-state index is 0.769. The van der Waals surface area contributed by atoms with Crippen molar-refractivity contribution >= 4 is 11.6 Å². The lowest BCUT2D eigenvalue weighted by Crippen LogP contribution is -2.20. The van der Waals surface area contributed by atoms with Gasteiger partial charge in [0.15, 0.2) is 0 Å². The van der Waals surface area contributed by atoms with E-state index >= 15 is 0 Å². The van der Waals surface area contributed by atoms with Crippen LogP contribution in [0, 0.1) is 6.92 Å². The van der Waals surface area contributed by atoms with Gasteiger partial charge in [-0.1, -0.05) is 11.6 Å². The highest BCUT2D eigenvalue weighted by Gasteiger charge is 2.27. The minimum absolute atomic E-state index is 0.769. The van der Waals surface area contributed by atoms with Crippen molar-refractivity contribution in [2.75, 3.05) is 7.05 Å². The van der Waals surface area contributed by atoms with Crippen molar-refractivity contribution in [3.05, 3.63) is 16.4 Å². The average molecular weight is 214 g/mol. The number of nitrogens with zero attached hydrogens (tertiary/aromatic N) is 3. The summed E-state index contributed by atoms with van der Waals surface area (Å²) in [6.45, 7) is 2.94. The molecule has 1 fully saturated rings. The number of aromatic nitrogens is 2. The van der Waals surface area contributed by atoms with Gasteiger partial charge in [0.1, 0.15) is 5.15 Å². The highest BCUT2D eigenvalue weighted by atomic mass is 35.5. The van der Waals surface area contributed by atoms with E-state index < -0.39 is 0 Å². The predicted molar refractivity (Wildman–Crippen MR) is 57.4 cm³/mol. The normalized spacial score (nSPS) is 16.6. The molecule has 0 aromatic carbocycles. The number of aryl methyl sites for hydroxylation is 2. The van der Waals surface area contributed by atoms with Crippen molar-refractivity contribution < 1.29 is 0 Å². The summed E-state index contributed by atoms with van der Waals surface area (Å²) in [5.74, 6) is 0. The van der Waals surface area contributed by atoms with Crippen LogP contribution in [-0.4, -0.2) is 27.8 Å². The molecule has 2 rings (SSSR count). The molecule has 0 aliphatic heterocycles. The molecule has 1 aromatic heterocycles. The van der Waals surface area contributed by atoms with E-state index in [1.165, 1.54) is 18.4 Å². The second kappa shape index (κ2) is 3.55. The van der Waals surface area contributed by atoms with Gasteiger partial charge in [-0.05, 0) is 26.8 Å². The molecular formula is C10H16ClN3. The molecule has 14 heavy (non-hydrogen) atoms. The molecule has 1 heterocycles. The smallest absolute Gasteiger partial charge is 0.131 e. The first-order valence-electron chi connectivity index (χ1n) is 4.98. The first-order valence-corrected chi connectivity index (χ1v) is 5.35. The van der Waals surface area contributed by atoms with E-state index in [-0.39, 0.29) is 0 Å². The van der Waals surface area contributed by atoms with Crippen molar-refractivity contribution in [3.63, 3.8) is 0 Å². The molecular weight excluding hydrogens is 198 g/mol. The maximum atomic E-state index is 6.16. The van der Waals surface area contributed by atoms with Crippen LogP contribution in [0.1, 0.15) is 24.1 Å². The largest absolute Gasteiger partial charge is 0.299 e. The van der Waals surface area contributed by atoms with Gasteiger partial charge >= 0.3 is 0 Å². The van der Waals surface area contributed by atoms with E-state index in [1.807, 2.05) is 14.0 Å². The summed E-state index contributed by atoms with van der Waals surface area (Å²) in [4.78, 5) is 2.36. The molecule has 0 amide bonds. The molecule has 78 valence electrons. The van der Waals surface area contributed by atoms with Crippen LogP contribution in [0.5, 0.6) is 0 Å². The van der Waals surface area contributed by atoms with Gasteiger partial charge in [0.05, 0.1) is 5.69 Å². The van der Waals surface area contributed by atoms with E-state index in [2.05, 4.69) is 17.0 Å². The third kappa shape index (κ3) is 1.79. The van der Waals surface area contributed by atoms with Gasteiger partial charge < -0.3 is 0 Å². The Morgan fingerprint density at radius 2 is 2.21 bits per heavy atom. The van der Waals surface area contributed by atoms with Crippen LogP contribution in [0.3, 0.4) is 0 Å². The summed E-state index contributed by atoms with van der Waals surface area (Å²) in [6, 6.07) is 0.769. The van der Waals surface area contributed by atoms with E-state index in [9.17, 15) is 0 Å². The Bertz CT molecular complexity index is 341. The monoisotopic (exact) mass is 213 g/mol. The third-order valence-corrected chi connectivity index (χ3v) is 3.32. The summed E-state index contributed by atoms with van der Waals surface area (Å²) in [5.41, 5.74) is 2.22. The Morgan fingerprint density at radius 1 is 1.57 bits per heavy atom. The Hall–Kier alpha value is -0.540. The highest BCUT2D eigenvalue weighted by molar-refractivity contribution is 6.30. The van der Waals surface area contributed by atoms with Crippen LogP contribution in [0.4, 0.5) is 0 Å². The second-order valence-electron chi connectivity index (χ2n) is 4.12. The summed E-state index contributed by atoms with van der Waals surface area (Å²) < 4.78 is 1.74. The fourth-order valence-electron chi connectivity index (χ4n) is 1.75. The van der Waals surface area contributed by atoms with Gasteiger partial charge in [-0.3, -0.25) is 9.58 Å². The molecule has 0 N–H and O–H groups in total. The quantitative estimate of drug-likeness (QED) is 0.766. The fraction of sp³-hybridized carbons (Fsp3) is 0.700. The molecule has 0 atom stereocenters. The molecule has 1 aromatic rings.